The molecule has 0 radical (unpaired) electrons. The van der Waals surface area contributed by atoms with E-state index in [1.54, 1.807) is 12.1 Å². The van der Waals surface area contributed by atoms with Crippen molar-refractivity contribution in [3.05, 3.63) is 27.7 Å². The Hall–Kier alpha value is -0.730. The fourth-order valence-electron chi connectivity index (χ4n) is 1.27. The summed E-state index contributed by atoms with van der Waals surface area (Å²) in [4.78, 5) is 11.4. The number of rotatable bonds is 0. The van der Waals surface area contributed by atoms with Crippen LogP contribution < -0.4 is 4.74 Å². The largest absolute Gasteiger partial charge is 0.491 e. The van der Waals surface area contributed by atoms with E-state index in [-0.39, 0.29) is 5.78 Å². The maximum Gasteiger partial charge on any atom is 0.170 e. The molecular weight excluding hydrogens is 211 g/mol. The molecule has 1 aromatic carbocycles. The predicted octanol–water partition coefficient (Wildman–Crippen LogP) is 2.96. The lowest BCUT2D eigenvalue weighted by atomic mass is 10.1. The van der Waals surface area contributed by atoms with Gasteiger partial charge in [-0.2, -0.15) is 0 Å². The minimum Gasteiger partial charge on any atom is -0.491 e. The molecule has 1 heterocycles. The Labute approximate surface area is 85.4 Å². The molecule has 0 atom stereocenters. The average Bonchev–Trinajstić information content (AvgIpc) is 2.12. The van der Waals surface area contributed by atoms with Gasteiger partial charge in [0.15, 0.2) is 5.78 Å². The SMILES string of the molecule is O=C1CCOc2c1ccc(Cl)c2Cl. The van der Waals surface area contributed by atoms with Crippen LogP contribution >= 0.6 is 23.2 Å². The Morgan fingerprint density at radius 3 is 2.85 bits per heavy atom. The number of hydrogen-bond donors (Lipinski definition) is 0. The van der Waals surface area contributed by atoms with Gasteiger partial charge >= 0.3 is 0 Å². The fourth-order valence-corrected chi connectivity index (χ4v) is 1.64. The summed E-state index contributed by atoms with van der Waals surface area (Å²) in [5, 5.41) is 0.738. The molecule has 0 aliphatic carbocycles. The molecule has 0 amide bonds. The van der Waals surface area contributed by atoms with E-state index < -0.39 is 0 Å². The van der Waals surface area contributed by atoms with E-state index in [1.165, 1.54) is 0 Å². The molecular formula is C9H6Cl2O2. The molecule has 0 aromatic heterocycles. The maximum atomic E-state index is 11.4. The van der Waals surface area contributed by atoms with Crippen LogP contribution in [0, 0.1) is 0 Å². The number of ether oxygens (including phenoxy) is 1. The first-order valence-electron chi connectivity index (χ1n) is 3.84. The fraction of sp³-hybridized carbons (Fsp3) is 0.222. The Morgan fingerprint density at radius 1 is 1.31 bits per heavy atom. The third kappa shape index (κ3) is 1.40. The first-order valence-corrected chi connectivity index (χ1v) is 4.60. The summed E-state index contributed by atoms with van der Waals surface area (Å²) in [5.74, 6) is 0.477. The molecule has 0 bridgehead atoms. The van der Waals surface area contributed by atoms with Crippen LogP contribution in [0.5, 0.6) is 5.75 Å². The average molecular weight is 217 g/mol. The number of ketones is 1. The van der Waals surface area contributed by atoms with Crippen molar-refractivity contribution in [1.82, 2.24) is 0 Å². The molecule has 1 aliphatic rings. The number of Topliss-reactive ketones (excluding diaryl/α,β-unsaturated/α-hetero) is 1. The summed E-state index contributed by atoms with van der Waals surface area (Å²) in [6, 6.07) is 3.25. The molecule has 1 aromatic rings. The molecule has 0 fully saturated rings. The van der Waals surface area contributed by atoms with Gasteiger partial charge in [-0.3, -0.25) is 4.79 Å². The molecule has 1 aliphatic heterocycles. The van der Waals surface area contributed by atoms with Gasteiger partial charge in [0.05, 0.1) is 17.2 Å². The van der Waals surface area contributed by atoms with Gasteiger partial charge in [-0.25, -0.2) is 0 Å². The van der Waals surface area contributed by atoms with Gasteiger partial charge in [-0.15, -0.1) is 0 Å². The monoisotopic (exact) mass is 216 g/mol. The number of carbonyl (C=O) groups is 1. The number of hydrogen-bond acceptors (Lipinski definition) is 2. The van der Waals surface area contributed by atoms with E-state index in [0.29, 0.717) is 34.4 Å². The molecule has 0 saturated heterocycles. The van der Waals surface area contributed by atoms with E-state index in [9.17, 15) is 4.79 Å². The smallest absolute Gasteiger partial charge is 0.170 e. The molecule has 2 nitrogen and oxygen atoms in total. The summed E-state index contributed by atoms with van der Waals surface area (Å²) in [6.07, 6.45) is 0.408. The lowest BCUT2D eigenvalue weighted by molar-refractivity contribution is 0.0933. The predicted molar refractivity (Wildman–Crippen MR) is 50.9 cm³/mol. The summed E-state index contributed by atoms with van der Waals surface area (Å²) in [6.45, 7) is 0.381. The molecule has 0 spiro atoms. The van der Waals surface area contributed by atoms with E-state index in [1.807, 2.05) is 0 Å². The topological polar surface area (TPSA) is 26.3 Å². The molecule has 0 saturated carbocycles. The Kier molecular flexibility index (Phi) is 2.18. The Bertz CT molecular complexity index is 374. The third-order valence-corrected chi connectivity index (χ3v) is 2.71. The first-order chi connectivity index (χ1) is 6.20. The Morgan fingerprint density at radius 2 is 2.08 bits per heavy atom. The van der Waals surface area contributed by atoms with Crippen LogP contribution in [0.25, 0.3) is 0 Å². The quantitative estimate of drug-likeness (QED) is 0.667. The summed E-state index contributed by atoms with van der Waals surface area (Å²) >= 11 is 11.6. The summed E-state index contributed by atoms with van der Waals surface area (Å²) in [7, 11) is 0. The minimum absolute atomic E-state index is 0.0554. The van der Waals surface area contributed by atoms with Crippen molar-refractivity contribution in [2.24, 2.45) is 0 Å². The van der Waals surface area contributed by atoms with Crippen LogP contribution in [0.4, 0.5) is 0 Å². The normalized spacial score (nSPS) is 15.1. The highest BCUT2D eigenvalue weighted by Crippen LogP contribution is 2.37. The molecule has 4 heteroatoms. The van der Waals surface area contributed by atoms with E-state index in [0.717, 1.165) is 0 Å². The maximum absolute atomic E-state index is 11.4. The van der Waals surface area contributed by atoms with Crippen molar-refractivity contribution in [1.29, 1.82) is 0 Å². The second kappa shape index (κ2) is 3.20. The van der Waals surface area contributed by atoms with Crippen LogP contribution in [-0.2, 0) is 0 Å². The van der Waals surface area contributed by atoms with Gasteiger partial charge in [0.25, 0.3) is 0 Å². The van der Waals surface area contributed by atoms with E-state index in [4.69, 9.17) is 27.9 Å². The van der Waals surface area contributed by atoms with Crippen molar-refractivity contribution in [2.75, 3.05) is 6.61 Å². The van der Waals surface area contributed by atoms with Crippen LogP contribution in [0.1, 0.15) is 16.8 Å². The van der Waals surface area contributed by atoms with Gasteiger partial charge in [0.2, 0.25) is 0 Å². The first kappa shape index (κ1) is 8.85. The van der Waals surface area contributed by atoms with Gasteiger partial charge in [0, 0.05) is 6.42 Å². The number of halogens is 2. The summed E-state index contributed by atoms with van der Waals surface area (Å²) in [5.41, 5.74) is 0.528. The number of carbonyl (C=O) groups excluding carboxylic acids is 1. The summed E-state index contributed by atoms with van der Waals surface area (Å²) < 4.78 is 5.27. The highest BCUT2D eigenvalue weighted by atomic mass is 35.5. The molecule has 68 valence electrons. The lowest BCUT2D eigenvalue weighted by Crippen LogP contribution is -2.15. The van der Waals surface area contributed by atoms with Crippen molar-refractivity contribution >= 4 is 29.0 Å². The van der Waals surface area contributed by atoms with Crippen molar-refractivity contribution in [3.8, 4) is 5.75 Å². The van der Waals surface area contributed by atoms with Gasteiger partial charge in [0.1, 0.15) is 10.8 Å². The second-order valence-corrected chi connectivity index (χ2v) is 3.54. The van der Waals surface area contributed by atoms with Gasteiger partial charge in [-0.1, -0.05) is 23.2 Å². The van der Waals surface area contributed by atoms with Crippen LogP contribution in [0.15, 0.2) is 12.1 Å². The van der Waals surface area contributed by atoms with E-state index >= 15 is 0 Å². The number of benzene rings is 1. The zero-order valence-electron chi connectivity index (χ0n) is 6.64. The lowest BCUT2D eigenvalue weighted by Gasteiger charge is -2.17. The molecule has 2 rings (SSSR count). The van der Waals surface area contributed by atoms with Crippen molar-refractivity contribution in [2.45, 2.75) is 6.42 Å². The zero-order valence-corrected chi connectivity index (χ0v) is 8.15. The minimum atomic E-state index is 0.0554. The molecule has 0 unspecified atom stereocenters. The third-order valence-electron chi connectivity index (χ3n) is 1.93. The van der Waals surface area contributed by atoms with Crippen molar-refractivity contribution < 1.29 is 9.53 Å². The standard InChI is InChI=1S/C9H6Cl2O2/c10-6-2-1-5-7(12)3-4-13-9(5)8(6)11/h1-2H,3-4H2. The molecule has 13 heavy (non-hydrogen) atoms. The van der Waals surface area contributed by atoms with Crippen molar-refractivity contribution in [3.63, 3.8) is 0 Å². The van der Waals surface area contributed by atoms with Crippen LogP contribution in [-0.4, -0.2) is 12.4 Å². The van der Waals surface area contributed by atoms with Gasteiger partial charge in [-0.05, 0) is 12.1 Å². The van der Waals surface area contributed by atoms with Crippen LogP contribution in [0.2, 0.25) is 10.0 Å². The highest BCUT2D eigenvalue weighted by Gasteiger charge is 2.21. The van der Waals surface area contributed by atoms with Gasteiger partial charge < -0.3 is 4.74 Å². The van der Waals surface area contributed by atoms with Crippen LogP contribution in [0.3, 0.4) is 0 Å². The Balaban J connectivity index is 2.63. The second-order valence-electron chi connectivity index (χ2n) is 2.76. The highest BCUT2D eigenvalue weighted by molar-refractivity contribution is 6.43. The molecule has 0 N–H and O–H groups in total. The zero-order chi connectivity index (χ0) is 9.42. The van der Waals surface area contributed by atoms with E-state index in [2.05, 4.69) is 0 Å². The number of fused-ring (bicyclic) bond motifs is 1.